The lowest BCUT2D eigenvalue weighted by Gasteiger charge is -2.10. The third kappa shape index (κ3) is 4.19. The lowest BCUT2D eigenvalue weighted by atomic mass is 10.5. The molecule has 0 aromatic carbocycles. The zero-order valence-corrected chi connectivity index (χ0v) is 12.6. The fourth-order valence-corrected chi connectivity index (χ4v) is 2.40. The predicted molar refractivity (Wildman–Crippen MR) is 80.1 cm³/mol. The Balaban J connectivity index is 2.09. The van der Waals surface area contributed by atoms with E-state index in [1.807, 2.05) is 26.0 Å². The van der Waals surface area contributed by atoms with Crippen LogP contribution in [0, 0.1) is 0 Å². The highest BCUT2D eigenvalue weighted by molar-refractivity contribution is 7.16. The van der Waals surface area contributed by atoms with Gasteiger partial charge in [-0.2, -0.15) is 15.0 Å². The van der Waals surface area contributed by atoms with Crippen LogP contribution in [0.15, 0.2) is 12.1 Å². The van der Waals surface area contributed by atoms with Gasteiger partial charge in [0.2, 0.25) is 11.9 Å². The van der Waals surface area contributed by atoms with Crippen LogP contribution < -0.4 is 21.3 Å². The van der Waals surface area contributed by atoms with Gasteiger partial charge in [0.1, 0.15) is 0 Å². The fourth-order valence-electron chi connectivity index (χ4n) is 1.38. The molecule has 2 heterocycles. The highest BCUT2D eigenvalue weighted by Crippen LogP contribution is 2.22. The molecule has 0 aliphatic rings. The molecule has 0 aliphatic heterocycles. The van der Waals surface area contributed by atoms with Crippen molar-refractivity contribution in [1.82, 2.24) is 15.0 Å². The number of hydrogen-bond acceptors (Lipinski definition) is 8. The first-order valence-corrected chi connectivity index (χ1v) is 7.13. The van der Waals surface area contributed by atoms with E-state index in [9.17, 15) is 0 Å². The van der Waals surface area contributed by atoms with E-state index in [0.29, 0.717) is 12.5 Å². The second-order valence-corrected chi connectivity index (χ2v) is 5.94. The monoisotopic (exact) mass is 314 g/mol. The average molecular weight is 315 g/mol. The minimum absolute atomic E-state index is 0.0352. The van der Waals surface area contributed by atoms with Crippen molar-refractivity contribution in [3.8, 4) is 6.01 Å². The number of halogens is 1. The van der Waals surface area contributed by atoms with Gasteiger partial charge >= 0.3 is 6.01 Å². The maximum atomic E-state index is 5.88. The first-order valence-electron chi connectivity index (χ1n) is 5.94. The van der Waals surface area contributed by atoms with E-state index >= 15 is 0 Å². The Kier molecular flexibility index (Phi) is 4.94. The van der Waals surface area contributed by atoms with E-state index in [0.717, 1.165) is 9.21 Å². The van der Waals surface area contributed by atoms with Crippen LogP contribution in [-0.2, 0) is 6.54 Å². The third-order valence-corrected chi connectivity index (χ3v) is 3.37. The van der Waals surface area contributed by atoms with Crippen LogP contribution in [0.4, 0.5) is 11.9 Å². The SMILES string of the molecule is CC(C)Oc1nc(NN)nc(NCc2ccc(Cl)s2)n1. The van der Waals surface area contributed by atoms with Gasteiger partial charge in [-0.05, 0) is 26.0 Å². The van der Waals surface area contributed by atoms with Gasteiger partial charge in [-0.1, -0.05) is 11.6 Å². The Morgan fingerprint density at radius 1 is 1.30 bits per heavy atom. The van der Waals surface area contributed by atoms with Crippen LogP contribution >= 0.6 is 22.9 Å². The van der Waals surface area contributed by atoms with Gasteiger partial charge in [-0.15, -0.1) is 11.3 Å². The summed E-state index contributed by atoms with van der Waals surface area (Å²) in [5.74, 6) is 5.95. The van der Waals surface area contributed by atoms with Gasteiger partial charge < -0.3 is 10.1 Å². The molecule has 2 aromatic rings. The summed E-state index contributed by atoms with van der Waals surface area (Å²) < 4.78 is 6.18. The van der Waals surface area contributed by atoms with Gasteiger partial charge in [0.05, 0.1) is 17.0 Å². The topological polar surface area (TPSA) is 98.0 Å². The Morgan fingerprint density at radius 2 is 2.05 bits per heavy atom. The number of thiophene rings is 1. The minimum Gasteiger partial charge on any atom is -0.461 e. The van der Waals surface area contributed by atoms with Crippen LogP contribution in [0.5, 0.6) is 6.01 Å². The normalized spacial score (nSPS) is 10.7. The Morgan fingerprint density at radius 3 is 2.65 bits per heavy atom. The number of nitrogen functional groups attached to an aromatic ring is 1. The molecule has 0 atom stereocenters. The summed E-state index contributed by atoms with van der Waals surface area (Å²) in [5, 5.41) is 3.08. The average Bonchev–Trinajstić information content (AvgIpc) is 2.81. The van der Waals surface area contributed by atoms with Crippen molar-refractivity contribution in [3.63, 3.8) is 0 Å². The summed E-state index contributed by atoms with van der Waals surface area (Å²) in [4.78, 5) is 13.4. The summed E-state index contributed by atoms with van der Waals surface area (Å²) >= 11 is 7.37. The van der Waals surface area contributed by atoms with Crippen LogP contribution in [-0.4, -0.2) is 21.1 Å². The molecule has 9 heteroatoms. The molecule has 20 heavy (non-hydrogen) atoms. The van der Waals surface area contributed by atoms with Gasteiger partial charge in [-0.25, -0.2) is 5.84 Å². The minimum atomic E-state index is -0.0352. The second-order valence-electron chi connectivity index (χ2n) is 4.14. The molecule has 0 spiro atoms. The van der Waals surface area contributed by atoms with Crippen molar-refractivity contribution in [2.75, 3.05) is 10.7 Å². The Labute approximate surface area is 125 Å². The Bertz CT molecular complexity index is 576. The lowest BCUT2D eigenvalue weighted by Crippen LogP contribution is -2.16. The summed E-state index contributed by atoms with van der Waals surface area (Å²) in [6.07, 6.45) is -0.0352. The van der Waals surface area contributed by atoms with E-state index in [-0.39, 0.29) is 18.1 Å². The number of nitrogens with zero attached hydrogens (tertiary/aromatic N) is 3. The second kappa shape index (κ2) is 6.69. The number of aromatic nitrogens is 3. The number of rotatable bonds is 6. The highest BCUT2D eigenvalue weighted by Gasteiger charge is 2.08. The maximum absolute atomic E-state index is 5.88. The smallest absolute Gasteiger partial charge is 0.323 e. The van der Waals surface area contributed by atoms with Crippen molar-refractivity contribution in [1.29, 1.82) is 0 Å². The number of hydrogen-bond donors (Lipinski definition) is 3. The third-order valence-electron chi connectivity index (χ3n) is 2.13. The lowest BCUT2D eigenvalue weighted by molar-refractivity contribution is 0.222. The van der Waals surface area contributed by atoms with Gasteiger partial charge in [-0.3, -0.25) is 5.43 Å². The first kappa shape index (κ1) is 14.8. The van der Waals surface area contributed by atoms with Crippen molar-refractivity contribution in [3.05, 3.63) is 21.3 Å². The van der Waals surface area contributed by atoms with Crippen LogP contribution in [0.2, 0.25) is 4.34 Å². The van der Waals surface area contributed by atoms with Crippen LogP contribution in [0.25, 0.3) is 0 Å². The van der Waals surface area contributed by atoms with E-state index < -0.39 is 0 Å². The standard InChI is InChI=1S/C11H15ClN6OS/c1-6(2)19-11-16-9(15-10(17-11)18-13)14-5-7-3-4-8(12)20-7/h3-4,6H,5,13H2,1-2H3,(H2,14,15,16,17,18). The molecule has 2 rings (SSSR count). The number of nitrogens with one attached hydrogen (secondary N) is 2. The summed E-state index contributed by atoms with van der Waals surface area (Å²) in [5.41, 5.74) is 2.38. The molecule has 0 fully saturated rings. The molecule has 0 saturated heterocycles. The van der Waals surface area contributed by atoms with Crippen molar-refractivity contribution in [2.45, 2.75) is 26.5 Å². The summed E-state index contributed by atoms with van der Waals surface area (Å²) in [6, 6.07) is 4.00. The van der Waals surface area contributed by atoms with Crippen molar-refractivity contribution < 1.29 is 4.74 Å². The summed E-state index contributed by atoms with van der Waals surface area (Å²) in [7, 11) is 0. The van der Waals surface area contributed by atoms with Gasteiger partial charge in [0, 0.05) is 4.88 Å². The largest absolute Gasteiger partial charge is 0.461 e. The molecule has 0 radical (unpaired) electrons. The van der Waals surface area contributed by atoms with E-state index in [1.54, 1.807) is 0 Å². The first-order chi connectivity index (χ1) is 9.56. The van der Waals surface area contributed by atoms with Crippen molar-refractivity contribution in [2.24, 2.45) is 5.84 Å². The van der Waals surface area contributed by atoms with Crippen molar-refractivity contribution >= 4 is 34.8 Å². The van der Waals surface area contributed by atoms with Crippen LogP contribution in [0.3, 0.4) is 0 Å². The fraction of sp³-hybridized carbons (Fsp3) is 0.364. The number of hydrazine groups is 1. The van der Waals surface area contributed by atoms with E-state index in [1.165, 1.54) is 11.3 Å². The molecule has 2 aromatic heterocycles. The molecule has 0 amide bonds. The van der Waals surface area contributed by atoms with Crippen LogP contribution in [0.1, 0.15) is 18.7 Å². The molecule has 0 bridgehead atoms. The van der Waals surface area contributed by atoms with Gasteiger partial charge in [0.25, 0.3) is 0 Å². The molecule has 108 valence electrons. The number of anilines is 2. The molecule has 0 aliphatic carbocycles. The molecule has 0 saturated carbocycles. The number of nitrogens with two attached hydrogens (primary N) is 1. The molecule has 7 nitrogen and oxygen atoms in total. The molecule has 4 N–H and O–H groups in total. The predicted octanol–water partition coefficient (Wildman–Crippen LogP) is 2.27. The number of ether oxygens (including phenoxy) is 1. The molecule has 0 unspecified atom stereocenters. The summed E-state index contributed by atoms with van der Waals surface area (Å²) in [6.45, 7) is 4.34. The quantitative estimate of drug-likeness (QED) is 0.555. The zero-order valence-electron chi connectivity index (χ0n) is 11.1. The maximum Gasteiger partial charge on any atom is 0.323 e. The van der Waals surface area contributed by atoms with Gasteiger partial charge in [0.15, 0.2) is 0 Å². The van der Waals surface area contributed by atoms with E-state index in [4.69, 9.17) is 22.2 Å². The highest BCUT2D eigenvalue weighted by atomic mass is 35.5. The Hall–Kier alpha value is -1.64. The van der Waals surface area contributed by atoms with E-state index in [2.05, 4.69) is 25.7 Å². The molecular weight excluding hydrogens is 300 g/mol. The zero-order chi connectivity index (χ0) is 14.5. The molecular formula is C11H15ClN6OS.